The van der Waals surface area contributed by atoms with Crippen LogP contribution >= 0.6 is 11.3 Å². The molecule has 0 bridgehead atoms. The Morgan fingerprint density at radius 2 is 1.30 bits per heavy atom. The van der Waals surface area contributed by atoms with E-state index in [2.05, 4.69) is 158 Å². The maximum absolute atomic E-state index is 5.53. The van der Waals surface area contributed by atoms with Gasteiger partial charge in [-0.25, -0.2) is 9.97 Å². The fraction of sp³-hybridized carbons (Fsp3) is 0.0698. The van der Waals surface area contributed by atoms with Crippen molar-refractivity contribution in [2.75, 3.05) is 0 Å². The molecule has 0 N–H and O–H groups in total. The minimum Gasteiger partial charge on any atom is -0.292 e. The molecular weight excluding hydrogens is 591 g/mol. The maximum Gasteiger partial charge on any atom is 0.162 e. The molecular formula is C43H29N3S. The van der Waals surface area contributed by atoms with E-state index in [1.54, 1.807) is 11.3 Å². The zero-order valence-electron chi connectivity index (χ0n) is 26.0. The normalized spacial score (nSPS) is 13.5. The van der Waals surface area contributed by atoms with Crippen molar-refractivity contribution in [3.63, 3.8) is 0 Å². The van der Waals surface area contributed by atoms with Crippen LogP contribution in [0.5, 0.6) is 0 Å². The fourth-order valence-electron chi connectivity index (χ4n) is 7.86. The van der Waals surface area contributed by atoms with E-state index in [-0.39, 0.29) is 5.41 Å². The van der Waals surface area contributed by atoms with E-state index < -0.39 is 0 Å². The molecule has 9 aromatic rings. The van der Waals surface area contributed by atoms with Crippen LogP contribution in [0.15, 0.2) is 140 Å². The van der Waals surface area contributed by atoms with Gasteiger partial charge in [0.2, 0.25) is 0 Å². The average Bonchev–Trinajstić information content (AvgIpc) is 3.74. The molecule has 0 unspecified atom stereocenters. The highest BCUT2D eigenvalue weighted by molar-refractivity contribution is 7.26. The number of thiophene rings is 1. The molecule has 0 aliphatic heterocycles. The quantitative estimate of drug-likeness (QED) is 0.197. The van der Waals surface area contributed by atoms with Crippen LogP contribution in [0.4, 0.5) is 0 Å². The molecule has 6 aromatic carbocycles. The summed E-state index contributed by atoms with van der Waals surface area (Å²) in [6.45, 7) is 4.74. The first-order chi connectivity index (χ1) is 23.1. The Balaban J connectivity index is 1.35. The van der Waals surface area contributed by atoms with Crippen LogP contribution in [-0.2, 0) is 5.41 Å². The first kappa shape index (κ1) is 26.6. The van der Waals surface area contributed by atoms with E-state index in [1.807, 2.05) is 0 Å². The summed E-state index contributed by atoms with van der Waals surface area (Å²) in [7, 11) is 0. The van der Waals surface area contributed by atoms with Crippen molar-refractivity contribution in [1.82, 2.24) is 14.5 Å². The predicted octanol–water partition coefficient (Wildman–Crippen LogP) is 11.6. The van der Waals surface area contributed by atoms with Crippen LogP contribution in [0.25, 0.3) is 81.6 Å². The number of fused-ring (bicyclic) bond motifs is 10. The van der Waals surface area contributed by atoms with Crippen molar-refractivity contribution in [2.24, 2.45) is 0 Å². The third kappa shape index (κ3) is 3.73. The van der Waals surface area contributed by atoms with E-state index in [0.29, 0.717) is 0 Å². The Hall–Kier alpha value is -5.58. The molecule has 0 fully saturated rings. The van der Waals surface area contributed by atoms with Gasteiger partial charge in [-0.1, -0.05) is 135 Å². The SMILES string of the molecule is CC1(C)c2ccccc2-c2ccc3c4ccccc4n(-c4nc(-c5cccc(-c6ccccc6)c5)nc5c4sc4ccccc45)c3c21. The van der Waals surface area contributed by atoms with Gasteiger partial charge in [0.15, 0.2) is 11.6 Å². The molecule has 10 rings (SSSR count). The van der Waals surface area contributed by atoms with Gasteiger partial charge in [-0.3, -0.25) is 4.57 Å². The lowest BCUT2D eigenvalue weighted by Crippen LogP contribution is -2.16. The lowest BCUT2D eigenvalue weighted by Gasteiger charge is -2.23. The molecule has 3 heterocycles. The van der Waals surface area contributed by atoms with Gasteiger partial charge in [-0.05, 0) is 51.6 Å². The third-order valence-electron chi connectivity index (χ3n) is 9.99. The molecule has 0 radical (unpaired) electrons. The molecule has 47 heavy (non-hydrogen) atoms. The van der Waals surface area contributed by atoms with Gasteiger partial charge in [0, 0.05) is 31.8 Å². The van der Waals surface area contributed by atoms with Crippen LogP contribution in [0.2, 0.25) is 0 Å². The second-order valence-corrected chi connectivity index (χ2v) is 14.1. The number of para-hydroxylation sites is 1. The summed E-state index contributed by atoms with van der Waals surface area (Å²) in [6.07, 6.45) is 0. The maximum atomic E-state index is 5.53. The number of aromatic nitrogens is 3. The smallest absolute Gasteiger partial charge is 0.162 e. The summed E-state index contributed by atoms with van der Waals surface area (Å²) in [5.74, 6) is 1.66. The number of rotatable bonds is 3. The summed E-state index contributed by atoms with van der Waals surface area (Å²) in [5, 5.41) is 3.65. The van der Waals surface area contributed by atoms with Gasteiger partial charge in [0.1, 0.15) is 0 Å². The number of hydrogen-bond donors (Lipinski definition) is 0. The highest BCUT2D eigenvalue weighted by Gasteiger charge is 2.38. The van der Waals surface area contributed by atoms with Crippen molar-refractivity contribution >= 4 is 53.4 Å². The Bertz CT molecular complexity index is 2710. The molecule has 3 nitrogen and oxygen atoms in total. The number of benzene rings is 6. The van der Waals surface area contributed by atoms with Gasteiger partial charge >= 0.3 is 0 Å². The molecule has 222 valence electrons. The molecule has 0 saturated carbocycles. The summed E-state index contributed by atoms with van der Waals surface area (Å²) in [6, 6.07) is 50.1. The Labute approximate surface area is 276 Å². The first-order valence-corrected chi connectivity index (χ1v) is 16.9. The highest BCUT2D eigenvalue weighted by Crippen LogP contribution is 2.53. The Kier molecular flexibility index (Phi) is 5.50. The fourth-order valence-corrected chi connectivity index (χ4v) is 8.98. The molecule has 0 atom stereocenters. The minimum atomic E-state index is -0.184. The lowest BCUT2D eigenvalue weighted by molar-refractivity contribution is 0.664. The van der Waals surface area contributed by atoms with E-state index in [4.69, 9.17) is 9.97 Å². The van der Waals surface area contributed by atoms with Crippen molar-refractivity contribution < 1.29 is 0 Å². The first-order valence-electron chi connectivity index (χ1n) is 16.1. The van der Waals surface area contributed by atoms with Gasteiger partial charge in [0.25, 0.3) is 0 Å². The van der Waals surface area contributed by atoms with E-state index in [9.17, 15) is 0 Å². The highest BCUT2D eigenvalue weighted by atomic mass is 32.1. The second kappa shape index (κ2) is 9.71. The predicted molar refractivity (Wildman–Crippen MR) is 198 cm³/mol. The van der Waals surface area contributed by atoms with Crippen molar-refractivity contribution in [3.8, 4) is 39.5 Å². The molecule has 1 aliphatic carbocycles. The zero-order chi connectivity index (χ0) is 31.3. The third-order valence-corrected chi connectivity index (χ3v) is 11.1. The standard InChI is InChI=1S/C43H29N3S/c1-43(2)34-20-9-6-17-29(34)31-23-24-32-30-18-7-10-21-35(30)46(39(32)37(31)43)42-40-38(33-19-8-11-22-36(33)47-40)44-41(45-42)28-16-12-15-27(25-28)26-13-4-3-5-14-26/h3-25H,1-2H3. The summed E-state index contributed by atoms with van der Waals surface area (Å²) >= 11 is 1.78. The molecule has 0 spiro atoms. The van der Waals surface area contributed by atoms with Gasteiger partial charge in [-0.2, -0.15) is 0 Å². The van der Waals surface area contributed by atoms with Gasteiger partial charge in [0.05, 0.1) is 21.3 Å². The summed E-state index contributed by atoms with van der Waals surface area (Å²) < 4.78 is 4.76. The molecule has 3 aromatic heterocycles. The van der Waals surface area contributed by atoms with Crippen molar-refractivity contribution in [2.45, 2.75) is 19.3 Å². The summed E-state index contributed by atoms with van der Waals surface area (Å²) in [4.78, 5) is 10.8. The number of hydrogen-bond acceptors (Lipinski definition) is 3. The minimum absolute atomic E-state index is 0.184. The van der Waals surface area contributed by atoms with Gasteiger partial charge < -0.3 is 0 Å². The van der Waals surface area contributed by atoms with Crippen LogP contribution in [0.3, 0.4) is 0 Å². The van der Waals surface area contributed by atoms with E-state index in [1.165, 1.54) is 48.8 Å². The van der Waals surface area contributed by atoms with Crippen LogP contribution < -0.4 is 0 Å². The van der Waals surface area contributed by atoms with Crippen LogP contribution in [-0.4, -0.2) is 14.5 Å². The van der Waals surface area contributed by atoms with E-state index >= 15 is 0 Å². The van der Waals surface area contributed by atoms with Crippen LogP contribution in [0.1, 0.15) is 25.0 Å². The summed E-state index contributed by atoms with van der Waals surface area (Å²) in [5.41, 5.74) is 11.9. The number of nitrogens with zero attached hydrogens (tertiary/aromatic N) is 3. The second-order valence-electron chi connectivity index (χ2n) is 13.0. The topological polar surface area (TPSA) is 30.7 Å². The van der Waals surface area contributed by atoms with Gasteiger partial charge in [-0.15, -0.1) is 11.3 Å². The molecule has 0 saturated heterocycles. The zero-order valence-corrected chi connectivity index (χ0v) is 26.8. The lowest BCUT2D eigenvalue weighted by atomic mass is 9.81. The average molecular weight is 620 g/mol. The molecule has 0 amide bonds. The van der Waals surface area contributed by atoms with E-state index in [0.717, 1.165) is 43.9 Å². The van der Waals surface area contributed by atoms with Crippen molar-refractivity contribution in [1.29, 1.82) is 0 Å². The van der Waals surface area contributed by atoms with Crippen LogP contribution in [0, 0.1) is 0 Å². The monoisotopic (exact) mass is 619 g/mol. The largest absolute Gasteiger partial charge is 0.292 e. The Morgan fingerprint density at radius 3 is 2.19 bits per heavy atom. The molecule has 1 aliphatic rings. The molecule has 4 heteroatoms. The Morgan fingerprint density at radius 1 is 0.574 bits per heavy atom. The van der Waals surface area contributed by atoms with Crippen molar-refractivity contribution in [3.05, 3.63) is 151 Å².